The Balaban J connectivity index is 1.37. The maximum Gasteiger partial charge on any atom is 0.263 e. The SMILES string of the molecule is CCc1nc2n(n1)CC(NC(=O)c1cnc(Cc3ccc(F)cc3)s1)CC2. The van der Waals surface area contributed by atoms with Crippen molar-refractivity contribution in [2.75, 3.05) is 0 Å². The average Bonchev–Trinajstić information content (AvgIpc) is 3.30. The molecule has 0 aliphatic carbocycles. The normalized spacial score (nSPS) is 16.1. The van der Waals surface area contributed by atoms with Crippen molar-refractivity contribution in [2.24, 2.45) is 0 Å². The lowest BCUT2D eigenvalue weighted by Crippen LogP contribution is -2.41. The quantitative estimate of drug-likeness (QED) is 0.733. The predicted octanol–water partition coefficient (Wildman–Crippen LogP) is 2.77. The average molecular weight is 385 g/mol. The molecular formula is C19H20FN5OS. The first-order chi connectivity index (χ1) is 13.1. The molecule has 0 saturated carbocycles. The maximum atomic E-state index is 13.0. The zero-order chi connectivity index (χ0) is 18.8. The van der Waals surface area contributed by atoms with Crippen LogP contribution in [0.4, 0.5) is 4.39 Å². The summed E-state index contributed by atoms with van der Waals surface area (Å²) in [6.07, 6.45) is 4.68. The summed E-state index contributed by atoms with van der Waals surface area (Å²) in [6, 6.07) is 6.38. The van der Waals surface area contributed by atoms with Crippen molar-refractivity contribution in [1.82, 2.24) is 25.1 Å². The molecule has 140 valence electrons. The molecule has 3 heterocycles. The molecule has 1 aliphatic rings. The lowest BCUT2D eigenvalue weighted by molar-refractivity contribution is 0.0930. The number of rotatable bonds is 5. The van der Waals surface area contributed by atoms with Gasteiger partial charge in [-0.15, -0.1) is 11.3 Å². The van der Waals surface area contributed by atoms with Gasteiger partial charge in [0.05, 0.1) is 17.7 Å². The molecule has 0 spiro atoms. The van der Waals surface area contributed by atoms with Gasteiger partial charge in [-0.3, -0.25) is 4.79 Å². The summed E-state index contributed by atoms with van der Waals surface area (Å²) < 4.78 is 14.9. The number of halogens is 1. The molecule has 0 radical (unpaired) electrons. The van der Waals surface area contributed by atoms with Crippen LogP contribution >= 0.6 is 11.3 Å². The van der Waals surface area contributed by atoms with E-state index in [1.54, 1.807) is 18.3 Å². The van der Waals surface area contributed by atoms with E-state index in [4.69, 9.17) is 0 Å². The Bertz CT molecular complexity index is 949. The van der Waals surface area contributed by atoms with Crippen molar-refractivity contribution >= 4 is 17.2 Å². The van der Waals surface area contributed by atoms with Crippen LogP contribution in [0.3, 0.4) is 0 Å². The van der Waals surface area contributed by atoms with Gasteiger partial charge in [-0.2, -0.15) is 5.10 Å². The fourth-order valence-electron chi connectivity index (χ4n) is 3.16. The number of thiazole rings is 1. The van der Waals surface area contributed by atoms with Gasteiger partial charge in [0.25, 0.3) is 5.91 Å². The molecule has 1 N–H and O–H groups in total. The van der Waals surface area contributed by atoms with Crippen LogP contribution in [0.1, 0.15) is 45.2 Å². The van der Waals surface area contributed by atoms with Crippen molar-refractivity contribution in [1.29, 1.82) is 0 Å². The number of hydrogen-bond acceptors (Lipinski definition) is 5. The zero-order valence-corrected chi connectivity index (χ0v) is 15.8. The second-order valence-electron chi connectivity index (χ2n) is 6.61. The minimum Gasteiger partial charge on any atom is -0.347 e. The second-order valence-corrected chi connectivity index (χ2v) is 7.73. The molecule has 1 aromatic carbocycles. The van der Waals surface area contributed by atoms with Gasteiger partial charge in [0.2, 0.25) is 0 Å². The summed E-state index contributed by atoms with van der Waals surface area (Å²) in [7, 11) is 0. The highest BCUT2D eigenvalue weighted by molar-refractivity contribution is 7.13. The van der Waals surface area contributed by atoms with Gasteiger partial charge in [0.1, 0.15) is 16.5 Å². The van der Waals surface area contributed by atoms with E-state index in [0.29, 0.717) is 17.8 Å². The third-order valence-electron chi connectivity index (χ3n) is 4.60. The van der Waals surface area contributed by atoms with E-state index in [2.05, 4.69) is 20.4 Å². The number of carbonyl (C=O) groups is 1. The van der Waals surface area contributed by atoms with E-state index in [9.17, 15) is 9.18 Å². The lowest BCUT2D eigenvalue weighted by Gasteiger charge is -2.23. The molecule has 0 saturated heterocycles. The number of nitrogens with zero attached hydrogens (tertiary/aromatic N) is 4. The van der Waals surface area contributed by atoms with Crippen molar-refractivity contribution in [3.05, 3.63) is 63.4 Å². The van der Waals surface area contributed by atoms with E-state index >= 15 is 0 Å². The van der Waals surface area contributed by atoms with Crippen LogP contribution in [-0.4, -0.2) is 31.7 Å². The molecule has 3 aromatic rings. The molecule has 1 unspecified atom stereocenters. The van der Waals surface area contributed by atoms with Gasteiger partial charge >= 0.3 is 0 Å². The van der Waals surface area contributed by atoms with E-state index in [0.717, 1.165) is 41.5 Å². The Morgan fingerprint density at radius 1 is 1.37 bits per heavy atom. The first kappa shape index (κ1) is 17.8. The number of nitrogens with one attached hydrogen (secondary N) is 1. The Labute approximate surface area is 160 Å². The maximum absolute atomic E-state index is 13.0. The van der Waals surface area contributed by atoms with Gasteiger partial charge in [0.15, 0.2) is 5.82 Å². The number of fused-ring (bicyclic) bond motifs is 1. The molecule has 2 aromatic heterocycles. The predicted molar refractivity (Wildman–Crippen MR) is 100 cm³/mol. The van der Waals surface area contributed by atoms with Gasteiger partial charge < -0.3 is 5.32 Å². The summed E-state index contributed by atoms with van der Waals surface area (Å²) in [6.45, 7) is 2.68. The molecule has 4 rings (SSSR count). The van der Waals surface area contributed by atoms with Crippen LogP contribution < -0.4 is 5.32 Å². The highest BCUT2D eigenvalue weighted by Gasteiger charge is 2.23. The molecule has 0 fully saturated rings. The second kappa shape index (κ2) is 7.56. The first-order valence-corrected chi connectivity index (χ1v) is 9.85. The van der Waals surface area contributed by atoms with Gasteiger partial charge in [0, 0.05) is 25.3 Å². The van der Waals surface area contributed by atoms with E-state index in [1.165, 1.54) is 23.5 Å². The van der Waals surface area contributed by atoms with Gasteiger partial charge in [-0.25, -0.2) is 19.0 Å². The topological polar surface area (TPSA) is 72.7 Å². The molecule has 6 nitrogen and oxygen atoms in total. The Morgan fingerprint density at radius 2 is 2.19 bits per heavy atom. The van der Waals surface area contributed by atoms with Crippen molar-refractivity contribution in [3.63, 3.8) is 0 Å². The minimum absolute atomic E-state index is 0.0408. The zero-order valence-electron chi connectivity index (χ0n) is 15.0. The summed E-state index contributed by atoms with van der Waals surface area (Å²) in [5, 5.41) is 8.39. The number of aryl methyl sites for hydroxylation is 2. The third kappa shape index (κ3) is 4.05. The summed E-state index contributed by atoms with van der Waals surface area (Å²) in [4.78, 5) is 22.0. The number of aromatic nitrogens is 4. The van der Waals surface area contributed by atoms with Crippen LogP contribution in [0.2, 0.25) is 0 Å². The van der Waals surface area contributed by atoms with Crippen molar-refractivity contribution in [3.8, 4) is 0 Å². The number of carbonyl (C=O) groups excluding carboxylic acids is 1. The number of hydrogen-bond donors (Lipinski definition) is 1. The highest BCUT2D eigenvalue weighted by Crippen LogP contribution is 2.19. The Kier molecular flexibility index (Phi) is 4.98. The molecule has 1 aliphatic heterocycles. The molecular weight excluding hydrogens is 365 g/mol. The van der Waals surface area contributed by atoms with Crippen LogP contribution in [0.25, 0.3) is 0 Å². The standard InChI is InChI=1S/C19H20FN5OS/c1-2-16-23-17-8-7-14(11-25(17)24-16)22-19(26)15-10-21-18(27-15)9-12-3-5-13(20)6-4-12/h3-6,10,14H,2,7-9,11H2,1H3,(H,22,26). The summed E-state index contributed by atoms with van der Waals surface area (Å²) in [5.41, 5.74) is 0.968. The summed E-state index contributed by atoms with van der Waals surface area (Å²) in [5.74, 6) is 1.48. The fourth-order valence-corrected chi connectivity index (χ4v) is 4.01. The van der Waals surface area contributed by atoms with Crippen LogP contribution in [-0.2, 0) is 25.8 Å². The largest absolute Gasteiger partial charge is 0.347 e. The molecule has 0 bridgehead atoms. The van der Waals surface area contributed by atoms with Crippen LogP contribution in [0.5, 0.6) is 0 Å². The Morgan fingerprint density at radius 3 is 2.96 bits per heavy atom. The first-order valence-electron chi connectivity index (χ1n) is 9.03. The number of amides is 1. The fraction of sp³-hybridized carbons (Fsp3) is 0.368. The monoisotopic (exact) mass is 385 g/mol. The molecule has 8 heteroatoms. The Hall–Kier alpha value is -2.61. The summed E-state index contributed by atoms with van der Waals surface area (Å²) >= 11 is 1.37. The van der Waals surface area contributed by atoms with Gasteiger partial charge in [-0.05, 0) is 24.1 Å². The van der Waals surface area contributed by atoms with Crippen LogP contribution in [0, 0.1) is 5.82 Å². The molecule has 1 atom stereocenters. The lowest BCUT2D eigenvalue weighted by atomic mass is 10.1. The molecule has 27 heavy (non-hydrogen) atoms. The van der Waals surface area contributed by atoms with Gasteiger partial charge in [-0.1, -0.05) is 19.1 Å². The van der Waals surface area contributed by atoms with Crippen molar-refractivity contribution in [2.45, 2.75) is 45.2 Å². The van der Waals surface area contributed by atoms with Crippen molar-refractivity contribution < 1.29 is 9.18 Å². The minimum atomic E-state index is -0.257. The third-order valence-corrected chi connectivity index (χ3v) is 5.60. The smallest absolute Gasteiger partial charge is 0.263 e. The van der Waals surface area contributed by atoms with E-state index < -0.39 is 0 Å². The van der Waals surface area contributed by atoms with E-state index in [1.807, 2.05) is 11.6 Å². The highest BCUT2D eigenvalue weighted by atomic mass is 32.1. The molecule has 1 amide bonds. The van der Waals surface area contributed by atoms with Crippen LogP contribution in [0.15, 0.2) is 30.5 Å². The van der Waals surface area contributed by atoms with E-state index in [-0.39, 0.29) is 17.8 Å². The number of benzene rings is 1.